The second-order valence-corrected chi connectivity index (χ2v) is 9.14. The van der Waals surface area contributed by atoms with Gasteiger partial charge in [-0.2, -0.15) is 11.8 Å². The van der Waals surface area contributed by atoms with Crippen molar-refractivity contribution in [1.82, 2.24) is 15.5 Å². The van der Waals surface area contributed by atoms with E-state index in [4.69, 9.17) is 4.74 Å². The Morgan fingerprint density at radius 3 is 2.67 bits per heavy atom. The molecule has 2 N–H and O–H groups in total. The van der Waals surface area contributed by atoms with Gasteiger partial charge in [-0.05, 0) is 43.4 Å². The molecule has 6 nitrogen and oxygen atoms in total. The zero-order valence-electron chi connectivity index (χ0n) is 18.0. The van der Waals surface area contributed by atoms with Gasteiger partial charge in [0.05, 0.1) is 6.61 Å². The molecule has 1 saturated heterocycles. The third-order valence-electron chi connectivity index (χ3n) is 5.83. The number of nitrogens with zero attached hydrogens (tertiary/aromatic N) is 2. The second-order valence-electron chi connectivity index (χ2n) is 7.92. The van der Waals surface area contributed by atoms with E-state index in [2.05, 4.69) is 20.5 Å². The molecule has 166 valence electrons. The summed E-state index contributed by atoms with van der Waals surface area (Å²) in [5, 5.41) is 6.78. The number of carbonyl (C=O) groups is 1. The summed E-state index contributed by atoms with van der Waals surface area (Å²) in [5.41, 5.74) is 1.52. The third-order valence-corrected chi connectivity index (χ3v) is 6.78. The average Bonchev–Trinajstić information content (AvgIpc) is 2.79. The summed E-state index contributed by atoms with van der Waals surface area (Å²) >= 11 is 1.93. The third kappa shape index (κ3) is 6.35. The molecule has 1 saturated carbocycles. The number of thioether (sulfide) groups is 1. The fourth-order valence-corrected chi connectivity index (χ4v) is 5.01. The number of carbonyl (C=O) groups excluding carboxylic acids is 1. The predicted molar refractivity (Wildman–Crippen MR) is 120 cm³/mol. The molecule has 2 fully saturated rings. The van der Waals surface area contributed by atoms with Gasteiger partial charge in [-0.1, -0.05) is 6.07 Å². The molecule has 0 atom stereocenters. The molecule has 0 spiro atoms. The van der Waals surface area contributed by atoms with Crippen LogP contribution in [0.4, 0.5) is 4.39 Å². The first-order chi connectivity index (χ1) is 14.6. The zero-order valence-corrected chi connectivity index (χ0v) is 18.8. The van der Waals surface area contributed by atoms with Gasteiger partial charge in [0.1, 0.15) is 5.82 Å². The van der Waals surface area contributed by atoms with Gasteiger partial charge in [-0.25, -0.2) is 4.39 Å². The smallest absolute Gasteiger partial charge is 0.225 e. The van der Waals surface area contributed by atoms with Crippen molar-refractivity contribution in [1.29, 1.82) is 0 Å². The number of rotatable bonds is 6. The lowest BCUT2D eigenvalue weighted by Gasteiger charge is -2.34. The quantitative estimate of drug-likeness (QED) is 0.530. The maximum Gasteiger partial charge on any atom is 0.225 e. The van der Waals surface area contributed by atoms with Crippen LogP contribution in [0.5, 0.6) is 0 Å². The monoisotopic (exact) mass is 436 g/mol. The van der Waals surface area contributed by atoms with E-state index >= 15 is 0 Å². The molecule has 1 aliphatic heterocycles. The number of methoxy groups -OCH3 is 1. The van der Waals surface area contributed by atoms with E-state index in [1.807, 2.05) is 17.8 Å². The molecule has 1 amide bonds. The number of aliphatic imine (C=N–C) groups is 1. The van der Waals surface area contributed by atoms with Crippen molar-refractivity contribution in [2.75, 3.05) is 38.8 Å². The molecule has 0 bridgehead atoms. The van der Waals surface area contributed by atoms with Crippen LogP contribution in [-0.4, -0.2) is 61.6 Å². The van der Waals surface area contributed by atoms with Crippen LogP contribution in [0.2, 0.25) is 0 Å². The average molecular weight is 437 g/mol. The molecule has 1 heterocycles. The van der Waals surface area contributed by atoms with Crippen LogP contribution < -0.4 is 10.6 Å². The summed E-state index contributed by atoms with van der Waals surface area (Å²) in [5.74, 6) is 3.12. The van der Waals surface area contributed by atoms with Gasteiger partial charge in [-0.3, -0.25) is 9.79 Å². The topological polar surface area (TPSA) is 66.0 Å². The Labute approximate surface area is 183 Å². The van der Waals surface area contributed by atoms with E-state index < -0.39 is 0 Å². The van der Waals surface area contributed by atoms with Crippen molar-refractivity contribution in [3.63, 3.8) is 0 Å². The fourth-order valence-electron chi connectivity index (χ4n) is 4.10. The molecule has 1 aliphatic carbocycles. The standard InChI is InChI=1S/C22H33FN4O2S/c1-24-22(25-14-16-3-8-20(23)18(13-16)15-29-2)26-19-6-4-17(5-7-19)21(28)27-9-11-30-12-10-27/h3,8,13,17,19H,4-7,9-12,14-15H2,1-2H3,(H2,24,25,26). The largest absolute Gasteiger partial charge is 0.380 e. The van der Waals surface area contributed by atoms with E-state index in [0.29, 0.717) is 24.1 Å². The van der Waals surface area contributed by atoms with Gasteiger partial charge in [0.2, 0.25) is 5.91 Å². The Balaban J connectivity index is 1.44. The first kappa shape index (κ1) is 22.9. The summed E-state index contributed by atoms with van der Waals surface area (Å²) in [7, 11) is 3.31. The summed E-state index contributed by atoms with van der Waals surface area (Å²) in [4.78, 5) is 19.1. The number of nitrogens with one attached hydrogen (secondary N) is 2. The van der Waals surface area contributed by atoms with E-state index in [-0.39, 0.29) is 18.3 Å². The predicted octanol–water partition coefficient (Wildman–Crippen LogP) is 2.77. The van der Waals surface area contributed by atoms with E-state index in [1.54, 1.807) is 20.2 Å². The minimum atomic E-state index is -0.252. The van der Waals surface area contributed by atoms with E-state index in [9.17, 15) is 9.18 Å². The Morgan fingerprint density at radius 2 is 2.00 bits per heavy atom. The Bertz CT molecular complexity index is 732. The van der Waals surface area contributed by atoms with Gasteiger partial charge in [-0.15, -0.1) is 0 Å². The molecule has 8 heteroatoms. The van der Waals surface area contributed by atoms with Crippen molar-refractivity contribution < 1.29 is 13.9 Å². The van der Waals surface area contributed by atoms with Crippen molar-refractivity contribution in [3.8, 4) is 0 Å². The molecule has 3 rings (SSSR count). The zero-order chi connectivity index (χ0) is 21.3. The van der Waals surface area contributed by atoms with Crippen LogP contribution in [0.3, 0.4) is 0 Å². The van der Waals surface area contributed by atoms with Crippen molar-refractivity contribution >= 4 is 23.6 Å². The number of hydrogen-bond acceptors (Lipinski definition) is 4. The number of ether oxygens (including phenoxy) is 1. The van der Waals surface area contributed by atoms with Gasteiger partial charge >= 0.3 is 0 Å². The number of hydrogen-bond donors (Lipinski definition) is 2. The van der Waals surface area contributed by atoms with Crippen LogP contribution >= 0.6 is 11.8 Å². The highest BCUT2D eigenvalue weighted by atomic mass is 32.2. The number of benzene rings is 1. The molecule has 0 radical (unpaired) electrons. The van der Waals surface area contributed by atoms with Crippen LogP contribution in [0.1, 0.15) is 36.8 Å². The van der Waals surface area contributed by atoms with Crippen molar-refractivity contribution in [2.24, 2.45) is 10.9 Å². The minimum Gasteiger partial charge on any atom is -0.380 e. The van der Waals surface area contributed by atoms with E-state index in [1.165, 1.54) is 6.07 Å². The lowest BCUT2D eigenvalue weighted by Crippen LogP contribution is -2.47. The lowest BCUT2D eigenvalue weighted by atomic mass is 9.85. The SMILES string of the molecule is CN=C(NCc1ccc(F)c(COC)c1)NC1CCC(C(=O)N2CCSCC2)CC1. The summed E-state index contributed by atoms with van der Waals surface area (Å²) in [6.07, 6.45) is 3.79. The van der Waals surface area contributed by atoms with Gasteiger partial charge < -0.3 is 20.3 Å². The molecule has 0 unspecified atom stereocenters. The molecule has 0 aromatic heterocycles. The van der Waals surface area contributed by atoms with Gasteiger partial charge in [0, 0.05) is 62.8 Å². The minimum absolute atomic E-state index is 0.166. The fraction of sp³-hybridized carbons (Fsp3) is 0.636. The van der Waals surface area contributed by atoms with E-state index in [0.717, 1.165) is 61.8 Å². The van der Waals surface area contributed by atoms with Crippen LogP contribution in [0, 0.1) is 11.7 Å². The highest BCUT2D eigenvalue weighted by molar-refractivity contribution is 7.99. The number of amides is 1. The Kier molecular flexibility index (Phi) is 8.81. The normalized spacial score (nSPS) is 22.6. The molecule has 30 heavy (non-hydrogen) atoms. The molecular weight excluding hydrogens is 403 g/mol. The first-order valence-electron chi connectivity index (χ1n) is 10.7. The Morgan fingerprint density at radius 1 is 1.27 bits per heavy atom. The highest BCUT2D eigenvalue weighted by Gasteiger charge is 2.30. The van der Waals surface area contributed by atoms with Crippen LogP contribution in [0.15, 0.2) is 23.2 Å². The summed E-state index contributed by atoms with van der Waals surface area (Å²) in [6.45, 7) is 2.60. The Hall–Kier alpha value is -1.80. The molecule has 2 aliphatic rings. The molecule has 1 aromatic rings. The maximum absolute atomic E-state index is 13.8. The molecular formula is C22H33FN4O2S. The lowest BCUT2D eigenvalue weighted by molar-refractivity contribution is -0.136. The summed E-state index contributed by atoms with van der Waals surface area (Å²) < 4.78 is 18.8. The van der Waals surface area contributed by atoms with Gasteiger partial charge in [0.25, 0.3) is 0 Å². The van der Waals surface area contributed by atoms with Crippen molar-refractivity contribution in [3.05, 3.63) is 35.1 Å². The van der Waals surface area contributed by atoms with Crippen molar-refractivity contribution in [2.45, 2.75) is 44.9 Å². The molecule has 1 aromatic carbocycles. The number of halogens is 1. The number of guanidine groups is 1. The maximum atomic E-state index is 13.8. The van der Waals surface area contributed by atoms with Crippen LogP contribution in [0.25, 0.3) is 0 Å². The van der Waals surface area contributed by atoms with Crippen LogP contribution in [-0.2, 0) is 22.7 Å². The second kappa shape index (κ2) is 11.6. The highest BCUT2D eigenvalue weighted by Crippen LogP contribution is 2.27. The summed E-state index contributed by atoms with van der Waals surface area (Å²) in [6, 6.07) is 5.37. The first-order valence-corrected chi connectivity index (χ1v) is 11.9. The van der Waals surface area contributed by atoms with Gasteiger partial charge in [0.15, 0.2) is 5.96 Å².